The minimum atomic E-state index is -0.670. The number of halogens is 1. The molecule has 1 heterocycles. The number of nitrogens with zero attached hydrogens (tertiary/aromatic N) is 1. The molecule has 1 atom stereocenters. The van der Waals surface area contributed by atoms with Crippen LogP contribution in [0.15, 0.2) is 48.5 Å². The highest BCUT2D eigenvalue weighted by Crippen LogP contribution is 2.32. The number of likely N-dealkylation sites (N-methyl/N-ethyl adjacent to an activating group) is 1. The van der Waals surface area contributed by atoms with Crippen molar-refractivity contribution >= 4 is 17.5 Å². The van der Waals surface area contributed by atoms with E-state index >= 15 is 0 Å². The molecule has 0 aliphatic carbocycles. The molecule has 0 bridgehead atoms. The second-order valence-electron chi connectivity index (χ2n) is 6.30. The average Bonchev–Trinajstić information content (AvgIpc) is 2.68. The Morgan fingerprint density at radius 1 is 1.19 bits per heavy atom. The molecule has 3 rings (SSSR count). The number of amides is 2. The van der Waals surface area contributed by atoms with Crippen LogP contribution in [0, 0.1) is 5.82 Å². The van der Waals surface area contributed by atoms with Crippen molar-refractivity contribution in [2.45, 2.75) is 12.5 Å². The number of para-hydroxylation sites is 2. The number of ether oxygens (including phenoxy) is 1. The number of anilines is 1. The van der Waals surface area contributed by atoms with E-state index in [9.17, 15) is 14.0 Å². The van der Waals surface area contributed by atoms with Crippen LogP contribution in [0.2, 0.25) is 0 Å². The second kappa shape index (κ2) is 8.53. The zero-order valence-electron chi connectivity index (χ0n) is 15.1. The Balaban J connectivity index is 1.58. The number of nitrogens with one attached hydrogen (secondary N) is 2. The molecule has 2 aromatic carbocycles. The third-order valence-electron chi connectivity index (χ3n) is 4.38. The first-order chi connectivity index (χ1) is 13.1. The van der Waals surface area contributed by atoms with Crippen molar-refractivity contribution in [2.75, 3.05) is 31.6 Å². The Morgan fingerprint density at radius 3 is 2.67 bits per heavy atom. The normalized spacial score (nSPS) is 15.5. The minimum absolute atomic E-state index is 0.122. The first-order valence-corrected chi connectivity index (χ1v) is 8.80. The van der Waals surface area contributed by atoms with Gasteiger partial charge >= 0.3 is 0 Å². The summed E-state index contributed by atoms with van der Waals surface area (Å²) in [5.41, 5.74) is 1.74. The molecular formula is C20H22FN3O3. The summed E-state index contributed by atoms with van der Waals surface area (Å²) < 4.78 is 18.6. The van der Waals surface area contributed by atoms with E-state index in [1.54, 1.807) is 25.2 Å². The largest absolute Gasteiger partial charge is 0.477 e. The molecule has 1 aliphatic rings. The first kappa shape index (κ1) is 18.7. The van der Waals surface area contributed by atoms with Crippen LogP contribution < -0.4 is 20.3 Å². The number of hydrogen-bond donors (Lipinski definition) is 2. The summed E-state index contributed by atoms with van der Waals surface area (Å²) in [5.74, 6) is -0.0772. The van der Waals surface area contributed by atoms with E-state index in [-0.39, 0.29) is 24.2 Å². The number of hydrogen-bond acceptors (Lipinski definition) is 4. The summed E-state index contributed by atoms with van der Waals surface area (Å²) in [5, 5.41) is 5.44. The smallest absolute Gasteiger partial charge is 0.262 e. The highest BCUT2D eigenvalue weighted by atomic mass is 19.1. The van der Waals surface area contributed by atoms with Crippen LogP contribution in [0.25, 0.3) is 0 Å². The van der Waals surface area contributed by atoms with Gasteiger partial charge in [0.05, 0.1) is 18.8 Å². The molecule has 0 aromatic heterocycles. The lowest BCUT2D eigenvalue weighted by Crippen LogP contribution is -2.50. The van der Waals surface area contributed by atoms with Crippen LogP contribution in [0.4, 0.5) is 10.1 Å². The minimum Gasteiger partial charge on any atom is -0.477 e. The van der Waals surface area contributed by atoms with Crippen molar-refractivity contribution in [3.05, 3.63) is 59.9 Å². The fraction of sp³-hybridized carbons (Fsp3) is 0.300. The Bertz CT molecular complexity index is 810. The van der Waals surface area contributed by atoms with Gasteiger partial charge in [-0.15, -0.1) is 0 Å². The number of carbonyl (C=O) groups excluding carboxylic acids is 2. The third-order valence-corrected chi connectivity index (χ3v) is 4.38. The number of benzene rings is 2. The SMILES string of the molecule is CNC(=O)C1CN(CC(=O)NCCc2ccc(F)cc2)c2ccccc2O1. The lowest BCUT2D eigenvalue weighted by Gasteiger charge is -2.35. The van der Waals surface area contributed by atoms with Gasteiger partial charge in [0.1, 0.15) is 11.6 Å². The van der Waals surface area contributed by atoms with Gasteiger partial charge in [-0.3, -0.25) is 9.59 Å². The average molecular weight is 371 g/mol. The second-order valence-corrected chi connectivity index (χ2v) is 6.30. The summed E-state index contributed by atoms with van der Waals surface area (Å²) in [4.78, 5) is 26.2. The van der Waals surface area contributed by atoms with E-state index in [1.807, 2.05) is 23.1 Å². The van der Waals surface area contributed by atoms with Gasteiger partial charge < -0.3 is 20.3 Å². The van der Waals surface area contributed by atoms with E-state index in [0.29, 0.717) is 25.3 Å². The van der Waals surface area contributed by atoms with Crippen LogP contribution in [0.1, 0.15) is 5.56 Å². The predicted molar refractivity (Wildman–Crippen MR) is 100 cm³/mol. The Hall–Kier alpha value is -3.09. The summed E-state index contributed by atoms with van der Waals surface area (Å²) in [6.45, 7) is 0.870. The van der Waals surface area contributed by atoms with Gasteiger partial charge in [0.2, 0.25) is 5.91 Å². The van der Waals surface area contributed by atoms with Gasteiger partial charge in [-0.1, -0.05) is 24.3 Å². The van der Waals surface area contributed by atoms with E-state index in [0.717, 1.165) is 11.3 Å². The number of fused-ring (bicyclic) bond motifs is 1. The maximum absolute atomic E-state index is 12.9. The molecule has 2 N–H and O–H groups in total. The predicted octanol–water partition coefficient (Wildman–Crippen LogP) is 1.50. The lowest BCUT2D eigenvalue weighted by molar-refractivity contribution is -0.127. The zero-order valence-corrected chi connectivity index (χ0v) is 15.1. The molecule has 7 heteroatoms. The van der Waals surface area contributed by atoms with E-state index < -0.39 is 6.10 Å². The van der Waals surface area contributed by atoms with Crippen molar-refractivity contribution < 1.29 is 18.7 Å². The Labute approximate surface area is 157 Å². The Kier molecular flexibility index (Phi) is 5.90. The maximum atomic E-state index is 12.9. The third kappa shape index (κ3) is 4.75. The van der Waals surface area contributed by atoms with Crippen molar-refractivity contribution in [2.24, 2.45) is 0 Å². The van der Waals surface area contributed by atoms with E-state index in [1.165, 1.54) is 12.1 Å². The molecule has 142 valence electrons. The van der Waals surface area contributed by atoms with Crippen molar-refractivity contribution in [1.29, 1.82) is 0 Å². The zero-order chi connectivity index (χ0) is 19.2. The topological polar surface area (TPSA) is 70.7 Å². The molecule has 0 saturated heterocycles. The molecular weight excluding hydrogens is 349 g/mol. The number of rotatable bonds is 6. The Morgan fingerprint density at radius 2 is 1.93 bits per heavy atom. The summed E-state index contributed by atoms with van der Waals surface area (Å²) in [7, 11) is 1.55. The molecule has 0 radical (unpaired) electrons. The highest BCUT2D eigenvalue weighted by molar-refractivity contribution is 5.86. The van der Waals surface area contributed by atoms with Crippen LogP contribution in [-0.4, -0.2) is 44.6 Å². The van der Waals surface area contributed by atoms with Gasteiger partial charge in [-0.2, -0.15) is 0 Å². The molecule has 1 aliphatic heterocycles. The van der Waals surface area contributed by atoms with Crippen LogP contribution in [-0.2, 0) is 16.0 Å². The van der Waals surface area contributed by atoms with Crippen LogP contribution in [0.5, 0.6) is 5.75 Å². The van der Waals surface area contributed by atoms with Crippen molar-refractivity contribution in [1.82, 2.24) is 10.6 Å². The van der Waals surface area contributed by atoms with Gasteiger partial charge in [0.25, 0.3) is 5.91 Å². The summed E-state index contributed by atoms with van der Waals surface area (Å²) in [6.07, 6.45) is -0.0519. The fourth-order valence-electron chi connectivity index (χ4n) is 2.98. The molecule has 0 spiro atoms. The highest BCUT2D eigenvalue weighted by Gasteiger charge is 2.30. The molecule has 1 unspecified atom stereocenters. The molecule has 2 amide bonds. The van der Waals surface area contributed by atoms with Crippen molar-refractivity contribution in [3.63, 3.8) is 0 Å². The van der Waals surface area contributed by atoms with E-state index in [4.69, 9.17) is 4.74 Å². The van der Waals surface area contributed by atoms with Crippen molar-refractivity contribution in [3.8, 4) is 5.75 Å². The quantitative estimate of drug-likeness (QED) is 0.807. The molecule has 0 saturated carbocycles. The standard InChI is InChI=1S/C20H22FN3O3/c1-22-20(26)18-12-24(16-4-2-3-5-17(16)27-18)13-19(25)23-11-10-14-6-8-15(21)9-7-14/h2-9,18H,10-13H2,1H3,(H,22,26)(H,23,25). The van der Waals surface area contributed by atoms with Gasteiger partial charge in [0, 0.05) is 13.6 Å². The maximum Gasteiger partial charge on any atom is 0.262 e. The summed E-state index contributed by atoms with van der Waals surface area (Å²) in [6, 6.07) is 13.5. The van der Waals surface area contributed by atoms with E-state index in [2.05, 4.69) is 10.6 Å². The monoisotopic (exact) mass is 371 g/mol. The number of carbonyl (C=O) groups is 2. The fourth-order valence-corrected chi connectivity index (χ4v) is 2.98. The van der Waals surface area contributed by atoms with Gasteiger partial charge in [-0.25, -0.2) is 4.39 Å². The summed E-state index contributed by atoms with van der Waals surface area (Å²) >= 11 is 0. The first-order valence-electron chi connectivity index (χ1n) is 8.80. The van der Waals surface area contributed by atoms with Crippen LogP contribution in [0.3, 0.4) is 0 Å². The molecule has 0 fully saturated rings. The molecule has 27 heavy (non-hydrogen) atoms. The van der Waals surface area contributed by atoms with Crippen LogP contribution >= 0.6 is 0 Å². The molecule has 2 aromatic rings. The van der Waals surface area contributed by atoms with Gasteiger partial charge in [-0.05, 0) is 36.2 Å². The van der Waals surface area contributed by atoms with Gasteiger partial charge in [0.15, 0.2) is 6.10 Å². The molecule has 6 nitrogen and oxygen atoms in total. The lowest BCUT2D eigenvalue weighted by atomic mass is 10.1.